The number of nitrogens with two attached hydrogens (primary N) is 1. The molecule has 0 fully saturated rings. The van der Waals surface area contributed by atoms with E-state index in [-0.39, 0.29) is 12.4 Å². The molecule has 1 aromatic rings. The Hall–Kier alpha value is -0.950. The second-order valence-corrected chi connectivity index (χ2v) is 2.54. The van der Waals surface area contributed by atoms with Crippen LogP contribution in [0.2, 0.25) is 0 Å². The highest BCUT2D eigenvalue weighted by molar-refractivity contribution is 5.85. The van der Waals surface area contributed by atoms with Crippen molar-refractivity contribution in [3.63, 3.8) is 0 Å². The van der Waals surface area contributed by atoms with Gasteiger partial charge in [-0.2, -0.15) is 13.2 Å². The van der Waals surface area contributed by atoms with E-state index >= 15 is 0 Å². The molecule has 1 atom stereocenters. The molecule has 1 rings (SSSR count). The minimum Gasteiger partial charge on any atom is -0.315 e. The van der Waals surface area contributed by atoms with Gasteiger partial charge in [-0.1, -0.05) is 0 Å². The molecule has 8 heteroatoms. The second kappa shape index (κ2) is 4.71. The molecule has 0 radical (unpaired) electrons. The van der Waals surface area contributed by atoms with Crippen LogP contribution >= 0.6 is 12.4 Å². The van der Waals surface area contributed by atoms with Gasteiger partial charge in [0, 0.05) is 6.07 Å². The van der Waals surface area contributed by atoms with Gasteiger partial charge in [-0.15, -0.1) is 12.4 Å². The minimum atomic E-state index is -4.80. The first-order valence-electron chi connectivity index (χ1n) is 3.45. The number of rotatable bonds is 1. The van der Waals surface area contributed by atoms with Crippen LogP contribution in [0.4, 0.5) is 22.0 Å². The van der Waals surface area contributed by atoms with E-state index in [4.69, 9.17) is 0 Å². The van der Waals surface area contributed by atoms with Crippen LogP contribution in [0, 0.1) is 11.6 Å². The monoisotopic (exact) mass is 248 g/mol. The zero-order valence-electron chi connectivity index (χ0n) is 7.05. The molecule has 1 aromatic heterocycles. The summed E-state index contributed by atoms with van der Waals surface area (Å²) in [6, 6.07) is -2.24. The Morgan fingerprint density at radius 3 is 2.20 bits per heavy atom. The van der Waals surface area contributed by atoms with E-state index in [0.29, 0.717) is 12.3 Å². The van der Waals surface area contributed by atoms with Gasteiger partial charge in [-0.25, -0.2) is 8.78 Å². The Bertz CT molecular complexity index is 341. The summed E-state index contributed by atoms with van der Waals surface area (Å²) in [5, 5.41) is 0. The molecule has 1 unspecified atom stereocenters. The van der Waals surface area contributed by atoms with Crippen molar-refractivity contribution >= 4 is 12.4 Å². The van der Waals surface area contributed by atoms with Crippen LogP contribution in [-0.4, -0.2) is 11.2 Å². The number of nitrogens with zero attached hydrogens (tertiary/aromatic N) is 1. The van der Waals surface area contributed by atoms with E-state index in [1.807, 2.05) is 0 Å². The SMILES string of the molecule is Cl.NC(c1ncc(F)cc1F)C(F)(F)F. The van der Waals surface area contributed by atoms with E-state index in [9.17, 15) is 22.0 Å². The maximum Gasteiger partial charge on any atom is 0.409 e. The van der Waals surface area contributed by atoms with E-state index in [0.717, 1.165) is 0 Å². The summed E-state index contributed by atoms with van der Waals surface area (Å²) in [5.74, 6) is -2.46. The average Bonchev–Trinajstić information content (AvgIpc) is 2.01. The molecule has 2 N–H and O–H groups in total. The summed E-state index contributed by atoms with van der Waals surface area (Å²) in [6.45, 7) is 0. The predicted molar refractivity (Wildman–Crippen MR) is 44.4 cm³/mol. The predicted octanol–water partition coefficient (Wildman–Crippen LogP) is 2.34. The molecule has 15 heavy (non-hydrogen) atoms. The Labute approximate surface area is 87.7 Å². The third-order valence-electron chi connectivity index (χ3n) is 1.48. The van der Waals surface area contributed by atoms with Crippen LogP contribution in [0.1, 0.15) is 11.7 Å². The molecule has 0 aromatic carbocycles. The van der Waals surface area contributed by atoms with Gasteiger partial charge in [0.25, 0.3) is 0 Å². The molecular weight excluding hydrogens is 243 g/mol. The highest BCUT2D eigenvalue weighted by Gasteiger charge is 2.40. The Kier molecular flexibility index (Phi) is 4.42. The van der Waals surface area contributed by atoms with Crippen molar-refractivity contribution in [1.29, 1.82) is 0 Å². The third kappa shape index (κ3) is 3.28. The summed E-state index contributed by atoms with van der Waals surface area (Å²) in [7, 11) is 0. The second-order valence-electron chi connectivity index (χ2n) is 2.54. The molecule has 2 nitrogen and oxygen atoms in total. The standard InChI is InChI=1S/C7H5F5N2.ClH/c8-3-1-4(9)5(14-2-3)6(13)7(10,11)12;/h1-2,6H,13H2;1H. The fourth-order valence-electron chi connectivity index (χ4n) is 0.809. The van der Waals surface area contributed by atoms with Gasteiger partial charge in [0.15, 0.2) is 0 Å². The molecule has 0 aliphatic carbocycles. The Morgan fingerprint density at radius 1 is 1.27 bits per heavy atom. The van der Waals surface area contributed by atoms with Crippen molar-refractivity contribution in [2.24, 2.45) is 5.73 Å². The number of halogens is 6. The molecule has 0 aliphatic heterocycles. The van der Waals surface area contributed by atoms with Gasteiger partial charge in [-0.3, -0.25) is 4.98 Å². The zero-order chi connectivity index (χ0) is 10.9. The molecule has 86 valence electrons. The molecular formula is C7H6ClF5N2. The molecule has 0 saturated heterocycles. The molecule has 0 amide bonds. The maximum absolute atomic E-state index is 12.7. The van der Waals surface area contributed by atoms with Gasteiger partial charge < -0.3 is 5.73 Å². The Morgan fingerprint density at radius 2 is 1.80 bits per heavy atom. The van der Waals surface area contributed by atoms with Gasteiger partial charge in [0.2, 0.25) is 0 Å². The molecule has 0 bridgehead atoms. The molecule has 1 heterocycles. The normalized spacial score (nSPS) is 13.2. The van der Waals surface area contributed by atoms with Crippen LogP contribution in [0.3, 0.4) is 0 Å². The molecule has 0 saturated carbocycles. The van der Waals surface area contributed by atoms with Crippen molar-refractivity contribution in [3.8, 4) is 0 Å². The lowest BCUT2D eigenvalue weighted by atomic mass is 10.2. The summed E-state index contributed by atoms with van der Waals surface area (Å²) in [5.41, 5.74) is 3.66. The van der Waals surface area contributed by atoms with Gasteiger partial charge >= 0.3 is 6.18 Å². The van der Waals surface area contributed by atoms with Crippen LogP contribution in [-0.2, 0) is 0 Å². The third-order valence-corrected chi connectivity index (χ3v) is 1.48. The number of alkyl halides is 3. The van der Waals surface area contributed by atoms with Gasteiger partial charge in [0.05, 0.1) is 6.20 Å². The average molecular weight is 249 g/mol. The van der Waals surface area contributed by atoms with Crippen molar-refractivity contribution in [2.75, 3.05) is 0 Å². The van der Waals surface area contributed by atoms with Gasteiger partial charge in [-0.05, 0) is 0 Å². The fraction of sp³-hybridized carbons (Fsp3) is 0.286. The lowest BCUT2D eigenvalue weighted by Crippen LogP contribution is -2.30. The number of hydrogen-bond donors (Lipinski definition) is 1. The zero-order valence-corrected chi connectivity index (χ0v) is 7.87. The lowest BCUT2D eigenvalue weighted by Gasteiger charge is -2.15. The maximum atomic E-state index is 12.7. The first kappa shape index (κ1) is 14.1. The van der Waals surface area contributed by atoms with Gasteiger partial charge in [0.1, 0.15) is 23.4 Å². The van der Waals surface area contributed by atoms with E-state index in [1.54, 1.807) is 0 Å². The first-order valence-corrected chi connectivity index (χ1v) is 3.45. The van der Waals surface area contributed by atoms with Crippen molar-refractivity contribution in [3.05, 3.63) is 29.6 Å². The van der Waals surface area contributed by atoms with Crippen LogP contribution in [0.5, 0.6) is 0 Å². The quantitative estimate of drug-likeness (QED) is 0.775. The van der Waals surface area contributed by atoms with Crippen molar-refractivity contribution in [2.45, 2.75) is 12.2 Å². The number of aromatic nitrogens is 1. The fourth-order valence-corrected chi connectivity index (χ4v) is 0.809. The summed E-state index contributed by atoms with van der Waals surface area (Å²) in [6.07, 6.45) is -4.32. The van der Waals surface area contributed by atoms with E-state index < -0.39 is 29.5 Å². The highest BCUT2D eigenvalue weighted by Crippen LogP contribution is 2.30. The minimum absolute atomic E-state index is 0. The lowest BCUT2D eigenvalue weighted by molar-refractivity contribution is -0.150. The van der Waals surface area contributed by atoms with E-state index in [2.05, 4.69) is 10.7 Å². The van der Waals surface area contributed by atoms with Crippen LogP contribution < -0.4 is 5.73 Å². The number of hydrogen-bond acceptors (Lipinski definition) is 2. The summed E-state index contributed by atoms with van der Waals surface area (Å²) in [4.78, 5) is 2.95. The van der Waals surface area contributed by atoms with Crippen molar-refractivity contribution in [1.82, 2.24) is 4.98 Å². The summed E-state index contributed by atoms with van der Waals surface area (Å²) >= 11 is 0. The smallest absolute Gasteiger partial charge is 0.315 e. The van der Waals surface area contributed by atoms with Crippen LogP contribution in [0.25, 0.3) is 0 Å². The number of pyridine rings is 1. The summed E-state index contributed by atoms with van der Waals surface area (Å²) < 4.78 is 61.0. The van der Waals surface area contributed by atoms with Crippen LogP contribution in [0.15, 0.2) is 12.3 Å². The molecule has 0 aliphatic rings. The highest BCUT2D eigenvalue weighted by atomic mass is 35.5. The van der Waals surface area contributed by atoms with Crippen molar-refractivity contribution < 1.29 is 22.0 Å². The largest absolute Gasteiger partial charge is 0.409 e. The molecule has 0 spiro atoms. The Balaban J connectivity index is 0.00000196. The van der Waals surface area contributed by atoms with E-state index in [1.165, 1.54) is 0 Å². The topological polar surface area (TPSA) is 38.9 Å². The first-order chi connectivity index (χ1) is 6.32.